The van der Waals surface area contributed by atoms with E-state index in [-0.39, 0.29) is 10.8 Å². The lowest BCUT2D eigenvalue weighted by atomic mass is 10.1. The summed E-state index contributed by atoms with van der Waals surface area (Å²) in [4.78, 5) is 2.09. The quantitative estimate of drug-likeness (QED) is 0.747. The van der Waals surface area contributed by atoms with Crippen LogP contribution in [0.15, 0.2) is 18.2 Å². The topological polar surface area (TPSA) is 3.24 Å². The molecule has 78 valence electrons. The largest absolute Gasteiger partial charge is 0.309 e. The zero-order chi connectivity index (χ0) is 10.6. The van der Waals surface area contributed by atoms with E-state index in [1.807, 2.05) is 14.1 Å². The number of hydrogen-bond donors (Lipinski definition) is 0. The van der Waals surface area contributed by atoms with E-state index in [0.29, 0.717) is 5.56 Å². The molecule has 14 heavy (non-hydrogen) atoms. The highest BCUT2D eigenvalue weighted by atomic mass is 35.5. The molecule has 0 saturated carbocycles. The van der Waals surface area contributed by atoms with E-state index in [0.717, 1.165) is 19.4 Å². The summed E-state index contributed by atoms with van der Waals surface area (Å²) in [6.07, 6.45) is 1.69. The molecule has 1 aromatic rings. The van der Waals surface area contributed by atoms with Gasteiger partial charge in [0.15, 0.2) is 0 Å². The van der Waals surface area contributed by atoms with Gasteiger partial charge in [0.25, 0.3) is 0 Å². The van der Waals surface area contributed by atoms with Gasteiger partial charge < -0.3 is 4.90 Å². The van der Waals surface area contributed by atoms with Gasteiger partial charge >= 0.3 is 0 Å². The van der Waals surface area contributed by atoms with Crippen LogP contribution < -0.4 is 0 Å². The van der Waals surface area contributed by atoms with Crippen molar-refractivity contribution in [1.82, 2.24) is 4.90 Å². The second-order valence-corrected chi connectivity index (χ2v) is 4.03. The van der Waals surface area contributed by atoms with Crippen molar-refractivity contribution in [2.45, 2.75) is 12.8 Å². The fraction of sp³-hybridized carbons (Fsp3) is 0.455. The highest BCUT2D eigenvalue weighted by Gasteiger charge is 2.05. The van der Waals surface area contributed by atoms with Gasteiger partial charge in [0, 0.05) is 0 Å². The van der Waals surface area contributed by atoms with Gasteiger partial charge in [-0.2, -0.15) is 0 Å². The van der Waals surface area contributed by atoms with Crippen molar-refractivity contribution >= 4 is 11.6 Å². The van der Waals surface area contributed by atoms with Crippen molar-refractivity contribution in [2.24, 2.45) is 0 Å². The summed E-state index contributed by atoms with van der Waals surface area (Å²) in [6, 6.07) is 5.15. The first-order valence-corrected chi connectivity index (χ1v) is 5.06. The molecule has 0 radical (unpaired) electrons. The van der Waals surface area contributed by atoms with Crippen molar-refractivity contribution in [2.75, 3.05) is 20.6 Å². The summed E-state index contributed by atoms with van der Waals surface area (Å²) in [7, 11) is 4.02. The van der Waals surface area contributed by atoms with Crippen LogP contribution in [0.3, 0.4) is 0 Å². The molecule has 1 rings (SSSR count). The molecule has 3 heteroatoms. The first-order valence-electron chi connectivity index (χ1n) is 4.69. The van der Waals surface area contributed by atoms with Crippen LogP contribution in [-0.2, 0) is 6.42 Å². The van der Waals surface area contributed by atoms with Gasteiger partial charge in [-0.1, -0.05) is 23.7 Å². The number of benzene rings is 1. The van der Waals surface area contributed by atoms with Gasteiger partial charge in [0.05, 0.1) is 5.02 Å². The van der Waals surface area contributed by atoms with Crippen LogP contribution in [0.25, 0.3) is 0 Å². The van der Waals surface area contributed by atoms with Gasteiger partial charge in [-0.05, 0) is 45.1 Å². The Balaban J connectivity index is 2.54. The Kier molecular flexibility index (Phi) is 4.36. The smallest absolute Gasteiger partial charge is 0.144 e. The molecule has 0 heterocycles. The Morgan fingerprint density at radius 1 is 1.36 bits per heavy atom. The van der Waals surface area contributed by atoms with E-state index in [4.69, 9.17) is 11.6 Å². The molecule has 0 amide bonds. The van der Waals surface area contributed by atoms with E-state index >= 15 is 0 Å². The Bertz CT molecular complexity index is 299. The maximum atomic E-state index is 13.4. The first-order chi connectivity index (χ1) is 6.61. The lowest BCUT2D eigenvalue weighted by Crippen LogP contribution is -2.13. The third-order valence-corrected chi connectivity index (χ3v) is 2.37. The van der Waals surface area contributed by atoms with Gasteiger partial charge in [0.2, 0.25) is 0 Å². The number of rotatable bonds is 4. The summed E-state index contributed by atoms with van der Waals surface area (Å²) in [5.41, 5.74) is 0.708. The highest BCUT2D eigenvalue weighted by molar-refractivity contribution is 6.30. The molecule has 0 unspecified atom stereocenters. The standard InChI is InChI=1S/C11H15ClFN/c1-14(2)8-4-6-9-5-3-7-10(12)11(9)13/h3,5,7H,4,6,8H2,1-2H3. The third kappa shape index (κ3) is 3.28. The van der Waals surface area contributed by atoms with Crippen molar-refractivity contribution < 1.29 is 4.39 Å². The molecular weight excluding hydrogens is 201 g/mol. The zero-order valence-corrected chi connectivity index (χ0v) is 9.31. The van der Waals surface area contributed by atoms with E-state index in [1.165, 1.54) is 0 Å². The molecule has 0 bridgehead atoms. The molecule has 0 saturated heterocycles. The molecule has 0 fully saturated rings. The Morgan fingerprint density at radius 2 is 2.07 bits per heavy atom. The van der Waals surface area contributed by atoms with Crippen molar-refractivity contribution in [3.8, 4) is 0 Å². The zero-order valence-electron chi connectivity index (χ0n) is 8.56. The second kappa shape index (κ2) is 5.32. The minimum atomic E-state index is -0.270. The molecule has 0 aliphatic carbocycles. The fourth-order valence-electron chi connectivity index (χ4n) is 1.33. The van der Waals surface area contributed by atoms with Crippen LogP contribution in [0.2, 0.25) is 5.02 Å². The van der Waals surface area contributed by atoms with Crippen LogP contribution in [0.4, 0.5) is 4.39 Å². The van der Waals surface area contributed by atoms with Crippen LogP contribution in [0.5, 0.6) is 0 Å². The van der Waals surface area contributed by atoms with Crippen molar-refractivity contribution in [3.05, 3.63) is 34.6 Å². The molecule has 0 aliphatic heterocycles. The van der Waals surface area contributed by atoms with Crippen LogP contribution in [-0.4, -0.2) is 25.5 Å². The minimum Gasteiger partial charge on any atom is -0.309 e. The number of aryl methyl sites for hydroxylation is 1. The molecule has 0 N–H and O–H groups in total. The van der Waals surface area contributed by atoms with Gasteiger partial charge in [-0.15, -0.1) is 0 Å². The molecule has 1 nitrogen and oxygen atoms in total. The second-order valence-electron chi connectivity index (χ2n) is 3.62. The van der Waals surface area contributed by atoms with Crippen molar-refractivity contribution in [3.63, 3.8) is 0 Å². The van der Waals surface area contributed by atoms with E-state index in [2.05, 4.69) is 4.90 Å². The Morgan fingerprint density at radius 3 is 2.71 bits per heavy atom. The number of nitrogens with zero attached hydrogens (tertiary/aromatic N) is 1. The molecule has 0 spiro atoms. The first kappa shape index (κ1) is 11.5. The summed E-state index contributed by atoms with van der Waals surface area (Å²) >= 11 is 5.67. The predicted octanol–water partition coefficient (Wildman–Crippen LogP) is 2.97. The highest BCUT2D eigenvalue weighted by Crippen LogP contribution is 2.18. The molecule has 0 aromatic heterocycles. The van der Waals surface area contributed by atoms with Gasteiger partial charge in [0.1, 0.15) is 5.82 Å². The van der Waals surface area contributed by atoms with E-state index in [1.54, 1.807) is 18.2 Å². The number of halogens is 2. The van der Waals surface area contributed by atoms with E-state index in [9.17, 15) is 4.39 Å². The predicted molar refractivity (Wildman–Crippen MR) is 58.3 cm³/mol. The molecule has 0 aliphatic rings. The minimum absolute atomic E-state index is 0.215. The normalized spacial score (nSPS) is 10.9. The average Bonchev–Trinajstić information content (AvgIpc) is 2.12. The lowest BCUT2D eigenvalue weighted by Gasteiger charge is -2.09. The summed E-state index contributed by atoms with van der Waals surface area (Å²) in [5.74, 6) is -0.270. The van der Waals surface area contributed by atoms with Crippen molar-refractivity contribution in [1.29, 1.82) is 0 Å². The molecular formula is C11H15ClFN. The number of hydrogen-bond acceptors (Lipinski definition) is 1. The maximum Gasteiger partial charge on any atom is 0.144 e. The summed E-state index contributed by atoms with van der Waals surface area (Å²) in [5, 5.41) is 0.215. The van der Waals surface area contributed by atoms with E-state index < -0.39 is 0 Å². The third-order valence-electron chi connectivity index (χ3n) is 2.08. The summed E-state index contributed by atoms with van der Waals surface area (Å²) < 4.78 is 13.4. The fourth-order valence-corrected chi connectivity index (χ4v) is 1.52. The van der Waals surface area contributed by atoms with Gasteiger partial charge in [-0.3, -0.25) is 0 Å². The monoisotopic (exact) mass is 215 g/mol. The van der Waals surface area contributed by atoms with Gasteiger partial charge in [-0.25, -0.2) is 4.39 Å². The van der Waals surface area contributed by atoms with Crippen LogP contribution in [0.1, 0.15) is 12.0 Å². The SMILES string of the molecule is CN(C)CCCc1cccc(Cl)c1F. The van der Waals surface area contributed by atoms with Crippen LogP contribution >= 0.6 is 11.6 Å². The summed E-state index contributed by atoms with van der Waals surface area (Å²) in [6.45, 7) is 0.964. The Hall–Kier alpha value is -0.600. The molecule has 1 aromatic carbocycles. The molecule has 0 atom stereocenters. The Labute approximate surface area is 89.5 Å². The average molecular weight is 216 g/mol. The maximum absolute atomic E-state index is 13.4. The van der Waals surface area contributed by atoms with Crippen LogP contribution in [0, 0.1) is 5.82 Å². The lowest BCUT2D eigenvalue weighted by molar-refractivity contribution is 0.399.